The number of likely N-dealkylation sites (tertiary alicyclic amines) is 1. The number of aromatic nitrogens is 1. The number of hydrogen-bond donors (Lipinski definition) is 0. The summed E-state index contributed by atoms with van der Waals surface area (Å²) in [5.41, 5.74) is 4.09. The van der Waals surface area contributed by atoms with Crippen LogP contribution in [0.1, 0.15) is 76.3 Å². The normalized spacial score (nSPS) is 20.2. The lowest BCUT2D eigenvalue weighted by atomic mass is 10.0. The van der Waals surface area contributed by atoms with Crippen molar-refractivity contribution in [2.24, 2.45) is 0 Å². The van der Waals surface area contributed by atoms with Gasteiger partial charge >= 0.3 is 0 Å². The summed E-state index contributed by atoms with van der Waals surface area (Å²) in [5, 5.41) is 0. The molecule has 0 atom stereocenters. The highest BCUT2D eigenvalue weighted by Gasteiger charge is 2.31. The van der Waals surface area contributed by atoms with Crippen molar-refractivity contribution in [1.29, 1.82) is 0 Å². The topological polar surface area (TPSA) is 77.1 Å². The van der Waals surface area contributed by atoms with Crippen molar-refractivity contribution >= 4 is 29.2 Å². The molecule has 0 N–H and O–H groups in total. The second-order valence-electron chi connectivity index (χ2n) is 10.8. The third-order valence-electron chi connectivity index (χ3n) is 8.23. The lowest BCUT2D eigenvalue weighted by Crippen LogP contribution is -2.49. The van der Waals surface area contributed by atoms with Crippen molar-refractivity contribution < 1.29 is 14.4 Å². The highest BCUT2D eigenvalue weighted by atomic mass is 16.2. The molecule has 6 rings (SSSR count). The maximum absolute atomic E-state index is 13.7. The Bertz CT molecular complexity index is 1230. The molecule has 194 valence electrons. The first-order valence-electron chi connectivity index (χ1n) is 13.7. The molecule has 0 radical (unpaired) electrons. The number of carbonyl (C=O) groups is 3. The zero-order chi connectivity index (χ0) is 25.5. The molecule has 8 heteroatoms. The van der Waals surface area contributed by atoms with Gasteiger partial charge in [-0.05, 0) is 74.3 Å². The summed E-state index contributed by atoms with van der Waals surface area (Å²) in [4.78, 5) is 52.0. The second-order valence-corrected chi connectivity index (χ2v) is 10.8. The van der Waals surface area contributed by atoms with E-state index in [2.05, 4.69) is 17.9 Å². The fourth-order valence-corrected chi connectivity index (χ4v) is 5.93. The van der Waals surface area contributed by atoms with Crippen LogP contribution in [-0.2, 0) is 4.79 Å². The number of hydrogen-bond acceptors (Lipinski definition) is 5. The Balaban J connectivity index is 1.20. The molecule has 3 aliphatic heterocycles. The van der Waals surface area contributed by atoms with Crippen LogP contribution in [-0.4, -0.2) is 78.3 Å². The Kier molecular flexibility index (Phi) is 6.34. The van der Waals surface area contributed by atoms with Gasteiger partial charge in [-0.2, -0.15) is 0 Å². The molecule has 4 aliphatic rings. The van der Waals surface area contributed by atoms with Gasteiger partial charge in [-0.15, -0.1) is 0 Å². The van der Waals surface area contributed by atoms with Crippen molar-refractivity contribution in [3.8, 4) is 0 Å². The van der Waals surface area contributed by atoms with Gasteiger partial charge in [0, 0.05) is 64.1 Å². The Morgan fingerprint density at radius 3 is 2.19 bits per heavy atom. The summed E-state index contributed by atoms with van der Waals surface area (Å²) in [6.45, 7) is 6.77. The number of anilines is 2. The molecule has 1 aromatic heterocycles. The quantitative estimate of drug-likeness (QED) is 0.626. The van der Waals surface area contributed by atoms with E-state index >= 15 is 0 Å². The minimum Gasteiger partial charge on any atom is -0.353 e. The summed E-state index contributed by atoms with van der Waals surface area (Å²) < 4.78 is 0. The molecule has 4 heterocycles. The monoisotopic (exact) mass is 501 g/mol. The van der Waals surface area contributed by atoms with Crippen molar-refractivity contribution in [3.05, 3.63) is 52.7 Å². The number of rotatable bonds is 5. The van der Waals surface area contributed by atoms with E-state index in [1.54, 1.807) is 17.0 Å². The van der Waals surface area contributed by atoms with Gasteiger partial charge < -0.3 is 19.6 Å². The summed E-state index contributed by atoms with van der Waals surface area (Å²) in [6.07, 6.45) is 7.85. The Morgan fingerprint density at radius 1 is 0.838 bits per heavy atom. The van der Waals surface area contributed by atoms with Gasteiger partial charge in [-0.25, -0.2) is 4.98 Å². The van der Waals surface area contributed by atoms with Crippen LogP contribution in [0.25, 0.3) is 0 Å². The number of nitrogens with zero attached hydrogens (tertiary/aromatic N) is 5. The average Bonchev–Trinajstić information content (AvgIpc) is 3.45. The largest absolute Gasteiger partial charge is 0.353 e. The third-order valence-corrected chi connectivity index (χ3v) is 8.23. The Hall–Kier alpha value is -3.42. The Labute approximate surface area is 218 Å². The fourth-order valence-electron chi connectivity index (χ4n) is 5.93. The highest BCUT2D eigenvalue weighted by molar-refractivity contribution is 6.09. The predicted molar refractivity (Wildman–Crippen MR) is 142 cm³/mol. The van der Waals surface area contributed by atoms with Crippen LogP contribution in [0.4, 0.5) is 11.5 Å². The first-order valence-corrected chi connectivity index (χ1v) is 13.7. The number of carbonyl (C=O) groups excluding carboxylic acids is 3. The van der Waals surface area contributed by atoms with Gasteiger partial charge in [0.1, 0.15) is 5.82 Å². The van der Waals surface area contributed by atoms with E-state index < -0.39 is 0 Å². The van der Waals surface area contributed by atoms with Crippen molar-refractivity contribution in [1.82, 2.24) is 14.8 Å². The lowest BCUT2D eigenvalue weighted by molar-refractivity contribution is -0.117. The molecule has 2 aromatic rings. The molecular weight excluding hydrogens is 466 g/mol. The van der Waals surface area contributed by atoms with Gasteiger partial charge in [-0.3, -0.25) is 14.4 Å². The summed E-state index contributed by atoms with van der Waals surface area (Å²) in [7, 11) is 0. The van der Waals surface area contributed by atoms with E-state index in [1.807, 2.05) is 22.1 Å². The zero-order valence-electron chi connectivity index (χ0n) is 21.6. The van der Waals surface area contributed by atoms with E-state index in [9.17, 15) is 14.4 Å². The SMILES string of the molecule is Cc1cc(C2CC2)cnc1N1CCN(C(=O)c2ccc(N3CCCC3=O)cc2C(=O)N2CCCC2)CC1. The van der Waals surface area contributed by atoms with Crippen LogP contribution >= 0.6 is 0 Å². The molecule has 3 saturated heterocycles. The average molecular weight is 502 g/mol. The van der Waals surface area contributed by atoms with Gasteiger partial charge in [0.05, 0.1) is 11.1 Å². The maximum atomic E-state index is 13.7. The van der Waals surface area contributed by atoms with Crippen LogP contribution in [0, 0.1) is 6.92 Å². The minimum atomic E-state index is -0.116. The fraction of sp³-hybridized carbons (Fsp3) is 0.517. The van der Waals surface area contributed by atoms with Gasteiger partial charge in [0.15, 0.2) is 0 Å². The van der Waals surface area contributed by atoms with Crippen molar-refractivity contribution in [2.45, 2.75) is 51.4 Å². The molecule has 3 amide bonds. The van der Waals surface area contributed by atoms with E-state index in [0.717, 1.165) is 25.1 Å². The first kappa shape index (κ1) is 23.9. The van der Waals surface area contributed by atoms with Crippen LogP contribution in [0.2, 0.25) is 0 Å². The molecule has 1 aliphatic carbocycles. The van der Waals surface area contributed by atoms with E-state index in [-0.39, 0.29) is 17.7 Å². The number of benzene rings is 1. The molecule has 1 saturated carbocycles. The lowest BCUT2D eigenvalue weighted by Gasteiger charge is -2.36. The van der Waals surface area contributed by atoms with Gasteiger partial charge in [0.2, 0.25) is 5.91 Å². The summed E-state index contributed by atoms with van der Waals surface area (Å²) >= 11 is 0. The summed E-state index contributed by atoms with van der Waals surface area (Å²) in [5.74, 6) is 1.53. The number of piperazine rings is 1. The van der Waals surface area contributed by atoms with Crippen molar-refractivity contribution in [2.75, 3.05) is 55.6 Å². The van der Waals surface area contributed by atoms with Crippen LogP contribution in [0.3, 0.4) is 0 Å². The zero-order valence-corrected chi connectivity index (χ0v) is 21.6. The molecule has 37 heavy (non-hydrogen) atoms. The maximum Gasteiger partial charge on any atom is 0.254 e. The number of pyridine rings is 1. The Morgan fingerprint density at radius 2 is 1.54 bits per heavy atom. The van der Waals surface area contributed by atoms with Gasteiger partial charge in [0.25, 0.3) is 11.8 Å². The molecule has 1 aromatic carbocycles. The molecular formula is C29H35N5O3. The smallest absolute Gasteiger partial charge is 0.254 e. The van der Waals surface area contributed by atoms with Crippen LogP contribution in [0.15, 0.2) is 30.5 Å². The standard InChI is InChI=1S/C29H35N5O3/c1-20-17-22(21-6-7-21)19-30-27(20)31-13-15-33(16-14-31)28(36)24-9-8-23(34-12-4-5-26(34)35)18-25(24)29(37)32-10-2-3-11-32/h8-9,17-19,21H,2-7,10-16H2,1H3. The summed E-state index contributed by atoms with van der Waals surface area (Å²) in [6, 6.07) is 7.60. The molecule has 0 bridgehead atoms. The molecule has 0 unspecified atom stereocenters. The van der Waals surface area contributed by atoms with E-state index in [0.29, 0.717) is 75.0 Å². The van der Waals surface area contributed by atoms with E-state index in [1.165, 1.54) is 24.0 Å². The number of amides is 3. The van der Waals surface area contributed by atoms with Crippen LogP contribution in [0.5, 0.6) is 0 Å². The first-order chi connectivity index (χ1) is 18.0. The minimum absolute atomic E-state index is 0.0730. The van der Waals surface area contributed by atoms with E-state index in [4.69, 9.17) is 4.98 Å². The van der Waals surface area contributed by atoms with Crippen LogP contribution < -0.4 is 9.80 Å². The number of aryl methyl sites for hydroxylation is 1. The molecule has 0 spiro atoms. The van der Waals surface area contributed by atoms with Gasteiger partial charge in [-0.1, -0.05) is 6.07 Å². The molecule has 8 nitrogen and oxygen atoms in total. The third kappa shape index (κ3) is 4.69. The highest BCUT2D eigenvalue weighted by Crippen LogP contribution is 2.40. The molecule has 4 fully saturated rings. The predicted octanol–water partition coefficient (Wildman–Crippen LogP) is 3.59. The van der Waals surface area contributed by atoms with Crippen molar-refractivity contribution in [3.63, 3.8) is 0 Å². The second kappa shape index (κ2) is 9.80.